The largest absolute Gasteiger partial charge is 0.384 e. The summed E-state index contributed by atoms with van der Waals surface area (Å²) in [5, 5.41) is 2.91. The third kappa shape index (κ3) is 3.72. The maximum Gasteiger partial charge on any atom is 0.245 e. The Balaban J connectivity index is 1.99. The molecule has 1 saturated heterocycles. The van der Waals surface area contributed by atoms with E-state index in [0.29, 0.717) is 19.1 Å². The van der Waals surface area contributed by atoms with Gasteiger partial charge in [0.1, 0.15) is 6.04 Å². The van der Waals surface area contributed by atoms with Crippen molar-refractivity contribution in [1.82, 2.24) is 10.2 Å². The molecule has 1 aliphatic heterocycles. The van der Waals surface area contributed by atoms with Crippen molar-refractivity contribution in [2.24, 2.45) is 11.8 Å². The minimum Gasteiger partial charge on any atom is -0.384 e. The van der Waals surface area contributed by atoms with E-state index < -0.39 is 0 Å². The standard InChI is InChI=1S/C15H26N2O3/c1-11(10-20-2)8-17-9-13(18)16-14(15(17)19)12-6-4-3-5-7-12/h11-12,14H,3-10H2,1-2H3,(H,16,18). The van der Waals surface area contributed by atoms with Gasteiger partial charge >= 0.3 is 0 Å². The van der Waals surface area contributed by atoms with Crippen LogP contribution >= 0.6 is 0 Å². The van der Waals surface area contributed by atoms with Gasteiger partial charge in [-0.15, -0.1) is 0 Å². The highest BCUT2D eigenvalue weighted by Gasteiger charge is 2.38. The third-order valence-electron chi connectivity index (χ3n) is 4.33. The third-order valence-corrected chi connectivity index (χ3v) is 4.33. The molecule has 5 nitrogen and oxygen atoms in total. The fraction of sp³-hybridized carbons (Fsp3) is 0.867. The van der Waals surface area contributed by atoms with E-state index in [4.69, 9.17) is 4.74 Å². The molecule has 2 aliphatic rings. The number of carbonyl (C=O) groups excluding carboxylic acids is 2. The van der Waals surface area contributed by atoms with Gasteiger partial charge in [0.25, 0.3) is 0 Å². The van der Waals surface area contributed by atoms with Crippen LogP contribution in [0.1, 0.15) is 39.0 Å². The highest BCUT2D eigenvalue weighted by atomic mass is 16.5. The van der Waals surface area contributed by atoms with Crippen molar-refractivity contribution in [3.05, 3.63) is 0 Å². The van der Waals surface area contributed by atoms with Crippen LogP contribution < -0.4 is 5.32 Å². The molecule has 1 N–H and O–H groups in total. The van der Waals surface area contributed by atoms with Crippen LogP contribution in [0.3, 0.4) is 0 Å². The fourth-order valence-electron chi connectivity index (χ4n) is 3.38. The summed E-state index contributed by atoms with van der Waals surface area (Å²) in [4.78, 5) is 26.2. The summed E-state index contributed by atoms with van der Waals surface area (Å²) in [5.41, 5.74) is 0. The van der Waals surface area contributed by atoms with Crippen molar-refractivity contribution in [3.63, 3.8) is 0 Å². The lowest BCUT2D eigenvalue weighted by Gasteiger charge is -2.38. The van der Waals surface area contributed by atoms with Crippen molar-refractivity contribution in [3.8, 4) is 0 Å². The van der Waals surface area contributed by atoms with Crippen molar-refractivity contribution in [2.75, 3.05) is 26.8 Å². The Labute approximate surface area is 121 Å². The number of hydrogen-bond acceptors (Lipinski definition) is 3. The topological polar surface area (TPSA) is 58.6 Å². The molecule has 0 aromatic rings. The van der Waals surface area contributed by atoms with Gasteiger partial charge in [-0.25, -0.2) is 0 Å². The molecule has 0 aromatic heterocycles. The molecule has 2 amide bonds. The van der Waals surface area contributed by atoms with Crippen molar-refractivity contribution >= 4 is 11.8 Å². The van der Waals surface area contributed by atoms with Gasteiger partial charge in [-0.1, -0.05) is 26.2 Å². The monoisotopic (exact) mass is 282 g/mol. The van der Waals surface area contributed by atoms with Gasteiger partial charge in [0.2, 0.25) is 11.8 Å². The summed E-state index contributed by atoms with van der Waals surface area (Å²) < 4.78 is 5.11. The van der Waals surface area contributed by atoms with Crippen molar-refractivity contribution in [2.45, 2.75) is 45.1 Å². The van der Waals surface area contributed by atoms with Crippen molar-refractivity contribution < 1.29 is 14.3 Å². The molecular weight excluding hydrogens is 256 g/mol. The molecule has 1 heterocycles. The SMILES string of the molecule is COCC(C)CN1CC(=O)NC(C2CCCCC2)C1=O. The molecule has 2 atom stereocenters. The van der Waals surface area contributed by atoms with Gasteiger partial charge in [0.15, 0.2) is 0 Å². The summed E-state index contributed by atoms with van der Waals surface area (Å²) in [6, 6.07) is -0.300. The average Bonchev–Trinajstić information content (AvgIpc) is 2.43. The summed E-state index contributed by atoms with van der Waals surface area (Å²) in [6.07, 6.45) is 5.70. The lowest BCUT2D eigenvalue weighted by Crippen LogP contribution is -2.61. The van der Waals surface area contributed by atoms with E-state index in [-0.39, 0.29) is 30.3 Å². The molecule has 0 aromatic carbocycles. The Morgan fingerprint density at radius 1 is 1.30 bits per heavy atom. The summed E-state index contributed by atoms with van der Waals surface area (Å²) in [5.74, 6) is 0.645. The second-order valence-electron chi connectivity index (χ2n) is 6.22. The minimum atomic E-state index is -0.300. The first-order valence-electron chi connectivity index (χ1n) is 7.69. The van der Waals surface area contributed by atoms with Crippen LogP contribution in [0.15, 0.2) is 0 Å². The molecule has 114 valence electrons. The van der Waals surface area contributed by atoms with Gasteiger partial charge in [0.05, 0.1) is 13.2 Å². The summed E-state index contributed by atoms with van der Waals surface area (Å²) >= 11 is 0. The minimum absolute atomic E-state index is 0.0233. The molecule has 2 fully saturated rings. The van der Waals surface area contributed by atoms with E-state index >= 15 is 0 Å². The smallest absolute Gasteiger partial charge is 0.245 e. The van der Waals surface area contributed by atoms with E-state index in [1.807, 2.05) is 6.92 Å². The van der Waals surface area contributed by atoms with Crippen LogP contribution in [0.25, 0.3) is 0 Å². The molecule has 2 unspecified atom stereocenters. The quantitative estimate of drug-likeness (QED) is 0.823. The Morgan fingerprint density at radius 3 is 2.65 bits per heavy atom. The van der Waals surface area contributed by atoms with Crippen LogP contribution in [0, 0.1) is 11.8 Å². The maximum absolute atomic E-state index is 12.6. The van der Waals surface area contributed by atoms with Crippen LogP contribution in [0.2, 0.25) is 0 Å². The summed E-state index contributed by atoms with van der Waals surface area (Å²) in [6.45, 7) is 3.44. The number of piperazine rings is 1. The number of hydrogen-bond donors (Lipinski definition) is 1. The first-order valence-corrected chi connectivity index (χ1v) is 7.69. The molecule has 0 spiro atoms. The lowest BCUT2D eigenvalue weighted by molar-refractivity contribution is -0.147. The molecule has 20 heavy (non-hydrogen) atoms. The Kier molecular flexibility index (Phi) is 5.40. The van der Waals surface area contributed by atoms with Crippen molar-refractivity contribution in [1.29, 1.82) is 0 Å². The van der Waals surface area contributed by atoms with Crippen LogP contribution in [0.5, 0.6) is 0 Å². The zero-order valence-corrected chi connectivity index (χ0v) is 12.6. The number of ether oxygens (including phenoxy) is 1. The van der Waals surface area contributed by atoms with Crippen LogP contribution in [0.4, 0.5) is 0 Å². The normalized spacial score (nSPS) is 26.5. The Morgan fingerprint density at radius 2 is 2.00 bits per heavy atom. The molecule has 0 bridgehead atoms. The Hall–Kier alpha value is -1.10. The molecule has 5 heteroatoms. The van der Waals surface area contributed by atoms with Crippen LogP contribution in [-0.4, -0.2) is 49.6 Å². The zero-order chi connectivity index (χ0) is 14.5. The van der Waals surface area contributed by atoms with E-state index in [2.05, 4.69) is 5.32 Å². The predicted molar refractivity (Wildman–Crippen MR) is 76.1 cm³/mol. The highest BCUT2D eigenvalue weighted by Crippen LogP contribution is 2.28. The number of carbonyl (C=O) groups is 2. The summed E-state index contributed by atoms with van der Waals surface area (Å²) in [7, 11) is 1.66. The highest BCUT2D eigenvalue weighted by molar-refractivity contribution is 5.95. The second kappa shape index (κ2) is 7.07. The Bertz CT molecular complexity index is 353. The predicted octanol–water partition coefficient (Wildman–Crippen LogP) is 1.18. The average molecular weight is 282 g/mol. The second-order valence-corrected chi connectivity index (χ2v) is 6.22. The first kappa shape index (κ1) is 15.3. The first-order chi connectivity index (χ1) is 9.61. The molecule has 2 rings (SSSR count). The zero-order valence-electron chi connectivity index (χ0n) is 12.6. The number of nitrogens with zero attached hydrogens (tertiary/aromatic N) is 1. The van der Waals surface area contributed by atoms with Gasteiger partial charge in [-0.3, -0.25) is 9.59 Å². The number of methoxy groups -OCH3 is 1. The molecule has 0 radical (unpaired) electrons. The lowest BCUT2D eigenvalue weighted by atomic mass is 9.82. The van der Waals surface area contributed by atoms with E-state index in [1.54, 1.807) is 12.0 Å². The molecule has 1 aliphatic carbocycles. The van der Waals surface area contributed by atoms with Gasteiger partial charge in [-0.05, 0) is 24.7 Å². The molecular formula is C15H26N2O3. The van der Waals surface area contributed by atoms with Gasteiger partial charge < -0.3 is 15.0 Å². The van der Waals surface area contributed by atoms with E-state index in [9.17, 15) is 9.59 Å². The number of rotatable bonds is 5. The number of amides is 2. The fourth-order valence-corrected chi connectivity index (χ4v) is 3.38. The van der Waals surface area contributed by atoms with Gasteiger partial charge in [0, 0.05) is 13.7 Å². The number of nitrogens with one attached hydrogen (secondary N) is 1. The van der Waals surface area contributed by atoms with E-state index in [1.165, 1.54) is 19.3 Å². The maximum atomic E-state index is 12.6. The molecule has 1 saturated carbocycles. The van der Waals surface area contributed by atoms with Crippen LogP contribution in [-0.2, 0) is 14.3 Å². The van der Waals surface area contributed by atoms with Gasteiger partial charge in [-0.2, -0.15) is 0 Å². The van der Waals surface area contributed by atoms with E-state index in [0.717, 1.165) is 12.8 Å².